The summed E-state index contributed by atoms with van der Waals surface area (Å²) in [6, 6.07) is 16.4. The molecule has 1 heterocycles. The number of carbonyl (C=O) groups is 1. The molecule has 9 heteroatoms. The number of rotatable bonds is 6. The number of nitrogens with zero attached hydrogens (tertiary/aromatic N) is 1. The second-order valence-electron chi connectivity index (χ2n) is 7.39. The van der Waals surface area contributed by atoms with Crippen LogP contribution in [0.15, 0.2) is 59.0 Å². The highest BCUT2D eigenvalue weighted by atomic mass is 32.1. The van der Waals surface area contributed by atoms with E-state index in [2.05, 4.69) is 15.6 Å². The van der Waals surface area contributed by atoms with Gasteiger partial charge in [0, 0.05) is 16.8 Å². The molecule has 0 radical (unpaired) electrons. The van der Waals surface area contributed by atoms with Gasteiger partial charge in [-0.1, -0.05) is 6.07 Å². The largest absolute Gasteiger partial charge is 0.493 e. The fourth-order valence-corrected chi connectivity index (χ4v) is 3.61. The Bertz CT molecular complexity index is 1340. The Labute approximate surface area is 201 Å². The summed E-state index contributed by atoms with van der Waals surface area (Å²) < 4.78 is 21.7. The molecule has 8 nitrogen and oxygen atoms in total. The van der Waals surface area contributed by atoms with Gasteiger partial charge in [0.05, 0.1) is 21.3 Å². The van der Waals surface area contributed by atoms with Gasteiger partial charge in [-0.15, -0.1) is 0 Å². The zero-order valence-corrected chi connectivity index (χ0v) is 19.9. The zero-order chi connectivity index (χ0) is 24.2. The molecule has 0 aliphatic rings. The number of hydrogen-bond acceptors (Lipinski definition) is 7. The highest BCUT2D eigenvalue weighted by Crippen LogP contribution is 2.38. The van der Waals surface area contributed by atoms with Gasteiger partial charge in [0.2, 0.25) is 11.6 Å². The summed E-state index contributed by atoms with van der Waals surface area (Å²) in [4.78, 5) is 17.2. The van der Waals surface area contributed by atoms with Gasteiger partial charge in [0.25, 0.3) is 5.91 Å². The topological polar surface area (TPSA) is 94.9 Å². The number of hydrogen-bond donors (Lipinski definition) is 2. The molecule has 3 aromatic carbocycles. The lowest BCUT2D eigenvalue weighted by Crippen LogP contribution is -2.34. The SMILES string of the molecule is COc1cc(C(=O)NC(=S)Nc2ccc(-c3nc4ccc(C)cc4o3)cc2)cc(OC)c1OC. The molecule has 0 bridgehead atoms. The van der Waals surface area contributed by atoms with Gasteiger partial charge in [-0.2, -0.15) is 0 Å². The van der Waals surface area contributed by atoms with Gasteiger partial charge in [-0.3, -0.25) is 10.1 Å². The first-order valence-electron chi connectivity index (χ1n) is 10.3. The van der Waals surface area contributed by atoms with Crippen LogP contribution in [0.4, 0.5) is 5.69 Å². The lowest BCUT2D eigenvalue weighted by Gasteiger charge is -2.14. The van der Waals surface area contributed by atoms with Gasteiger partial charge >= 0.3 is 0 Å². The molecule has 4 aromatic rings. The van der Waals surface area contributed by atoms with Crippen molar-refractivity contribution in [3.63, 3.8) is 0 Å². The summed E-state index contributed by atoms with van der Waals surface area (Å²) in [5, 5.41) is 5.79. The summed E-state index contributed by atoms with van der Waals surface area (Å²) in [5.41, 5.74) is 4.49. The number of benzene rings is 3. The molecule has 0 saturated heterocycles. The van der Waals surface area contributed by atoms with E-state index in [-0.39, 0.29) is 5.11 Å². The molecule has 4 rings (SSSR count). The fourth-order valence-electron chi connectivity index (χ4n) is 3.40. The number of methoxy groups -OCH3 is 3. The summed E-state index contributed by atoms with van der Waals surface area (Å²) in [6.45, 7) is 2.01. The van der Waals surface area contributed by atoms with E-state index >= 15 is 0 Å². The minimum absolute atomic E-state index is 0.142. The quantitative estimate of drug-likeness (QED) is 0.377. The highest BCUT2D eigenvalue weighted by Gasteiger charge is 2.18. The van der Waals surface area contributed by atoms with Crippen LogP contribution >= 0.6 is 12.2 Å². The van der Waals surface area contributed by atoms with E-state index in [0.29, 0.717) is 34.4 Å². The Balaban J connectivity index is 1.44. The van der Waals surface area contributed by atoms with Crippen molar-refractivity contribution in [1.29, 1.82) is 0 Å². The minimum atomic E-state index is -0.421. The Morgan fingerprint density at radius 2 is 1.62 bits per heavy atom. The normalized spacial score (nSPS) is 10.6. The second kappa shape index (κ2) is 9.80. The van der Waals surface area contributed by atoms with Gasteiger partial charge in [0.15, 0.2) is 22.2 Å². The molecule has 0 aliphatic carbocycles. The maximum absolute atomic E-state index is 12.7. The molecule has 0 spiro atoms. The minimum Gasteiger partial charge on any atom is -0.493 e. The highest BCUT2D eigenvalue weighted by molar-refractivity contribution is 7.80. The van der Waals surface area contributed by atoms with E-state index in [9.17, 15) is 4.79 Å². The molecule has 0 fully saturated rings. The van der Waals surface area contributed by atoms with E-state index in [4.69, 9.17) is 30.8 Å². The number of ether oxygens (including phenoxy) is 3. The molecule has 34 heavy (non-hydrogen) atoms. The molecule has 174 valence electrons. The standard InChI is InChI=1S/C25H23N3O5S/c1-14-5-10-18-19(11-14)33-24(27-18)15-6-8-17(9-7-15)26-25(34)28-23(29)16-12-20(30-2)22(32-4)21(13-16)31-3/h5-13H,1-4H3,(H2,26,28,29,34). The van der Waals surface area contributed by atoms with Crippen LogP contribution in [0.5, 0.6) is 17.2 Å². The lowest BCUT2D eigenvalue weighted by molar-refractivity contribution is 0.0977. The maximum Gasteiger partial charge on any atom is 0.257 e. The maximum atomic E-state index is 12.7. The van der Waals surface area contributed by atoms with Gasteiger partial charge in [-0.25, -0.2) is 4.98 Å². The van der Waals surface area contributed by atoms with E-state index in [0.717, 1.165) is 22.2 Å². The number of amides is 1. The van der Waals surface area contributed by atoms with Crippen LogP contribution < -0.4 is 24.8 Å². The monoisotopic (exact) mass is 477 g/mol. The average Bonchev–Trinajstić information content (AvgIpc) is 3.26. The predicted octanol–water partition coefficient (Wildman–Crippen LogP) is 4.96. The van der Waals surface area contributed by atoms with Gasteiger partial charge < -0.3 is 23.9 Å². The molecule has 0 aliphatic heterocycles. The van der Waals surface area contributed by atoms with Crippen LogP contribution in [0.25, 0.3) is 22.6 Å². The van der Waals surface area contributed by atoms with Crippen molar-refractivity contribution in [2.24, 2.45) is 0 Å². The number of oxazole rings is 1. The first kappa shape index (κ1) is 23.1. The number of anilines is 1. The predicted molar refractivity (Wildman–Crippen MR) is 134 cm³/mol. The number of carbonyl (C=O) groups excluding carboxylic acids is 1. The van der Waals surface area contributed by atoms with E-state index in [1.807, 2.05) is 49.4 Å². The third-order valence-corrected chi connectivity index (χ3v) is 5.29. The van der Waals surface area contributed by atoms with E-state index in [1.54, 1.807) is 12.1 Å². The van der Waals surface area contributed by atoms with Crippen molar-refractivity contribution >= 4 is 40.0 Å². The van der Waals surface area contributed by atoms with Crippen molar-refractivity contribution in [2.45, 2.75) is 6.92 Å². The number of nitrogens with one attached hydrogen (secondary N) is 2. The zero-order valence-electron chi connectivity index (χ0n) is 19.1. The smallest absolute Gasteiger partial charge is 0.257 e. The van der Waals surface area contributed by atoms with Crippen LogP contribution in [0.3, 0.4) is 0 Å². The van der Waals surface area contributed by atoms with Gasteiger partial charge in [0.1, 0.15) is 5.52 Å². The molecule has 1 amide bonds. The Hall–Kier alpha value is -4.11. The first-order valence-corrected chi connectivity index (χ1v) is 10.7. The molecule has 0 saturated carbocycles. The van der Waals surface area contributed by atoms with Crippen molar-refractivity contribution in [1.82, 2.24) is 10.3 Å². The number of aryl methyl sites for hydroxylation is 1. The third kappa shape index (κ3) is 4.79. The molecule has 0 atom stereocenters. The molecule has 2 N–H and O–H groups in total. The van der Waals surface area contributed by atoms with E-state index < -0.39 is 5.91 Å². The number of thiocarbonyl (C=S) groups is 1. The van der Waals surface area contributed by atoms with Crippen molar-refractivity contribution < 1.29 is 23.4 Å². The lowest BCUT2D eigenvalue weighted by atomic mass is 10.1. The van der Waals surface area contributed by atoms with Crippen LogP contribution in [0.2, 0.25) is 0 Å². The van der Waals surface area contributed by atoms with Gasteiger partial charge in [-0.05, 0) is 73.2 Å². The summed E-state index contributed by atoms with van der Waals surface area (Å²) in [7, 11) is 4.46. The number of aromatic nitrogens is 1. The summed E-state index contributed by atoms with van der Waals surface area (Å²) in [6.07, 6.45) is 0. The first-order chi connectivity index (χ1) is 16.4. The molecular weight excluding hydrogens is 454 g/mol. The Kier molecular flexibility index (Phi) is 6.65. The molecule has 0 unspecified atom stereocenters. The Morgan fingerprint density at radius 1 is 0.941 bits per heavy atom. The molecule has 1 aromatic heterocycles. The summed E-state index contributed by atoms with van der Waals surface area (Å²) >= 11 is 5.30. The van der Waals surface area contributed by atoms with Crippen LogP contribution in [-0.4, -0.2) is 37.3 Å². The van der Waals surface area contributed by atoms with Crippen LogP contribution in [0.1, 0.15) is 15.9 Å². The van der Waals surface area contributed by atoms with Crippen LogP contribution in [-0.2, 0) is 0 Å². The molecular formula is C25H23N3O5S. The third-order valence-electron chi connectivity index (χ3n) is 5.09. The van der Waals surface area contributed by atoms with E-state index in [1.165, 1.54) is 21.3 Å². The number of fused-ring (bicyclic) bond motifs is 1. The van der Waals surface area contributed by atoms with Crippen molar-refractivity contribution in [3.05, 3.63) is 65.7 Å². The summed E-state index contributed by atoms with van der Waals surface area (Å²) in [5.74, 6) is 1.25. The Morgan fingerprint density at radius 3 is 2.24 bits per heavy atom. The van der Waals surface area contributed by atoms with Crippen LogP contribution in [0, 0.1) is 6.92 Å². The second-order valence-corrected chi connectivity index (χ2v) is 7.80. The fraction of sp³-hybridized carbons (Fsp3) is 0.160. The van der Waals surface area contributed by atoms with Crippen molar-refractivity contribution in [2.75, 3.05) is 26.6 Å². The average molecular weight is 478 g/mol. The van der Waals surface area contributed by atoms with Crippen molar-refractivity contribution in [3.8, 4) is 28.7 Å².